The van der Waals surface area contributed by atoms with Gasteiger partial charge in [-0.2, -0.15) is 0 Å². The minimum atomic E-state index is -0.506. The Morgan fingerprint density at radius 2 is 2.11 bits per heavy atom. The molecule has 104 valence electrons. The molecule has 0 aromatic heterocycles. The van der Waals surface area contributed by atoms with Crippen molar-refractivity contribution in [2.45, 2.75) is 37.1 Å². The molecule has 5 heteroatoms. The number of hydrogen-bond donors (Lipinski definition) is 0. The van der Waals surface area contributed by atoms with Gasteiger partial charge < -0.3 is 4.90 Å². The number of benzene rings is 1. The molecule has 0 aliphatic heterocycles. The van der Waals surface area contributed by atoms with E-state index in [0.29, 0.717) is 4.47 Å². The van der Waals surface area contributed by atoms with E-state index < -0.39 is 5.82 Å². The zero-order valence-corrected chi connectivity index (χ0v) is 13.0. The van der Waals surface area contributed by atoms with Crippen molar-refractivity contribution in [1.29, 1.82) is 0 Å². The predicted molar refractivity (Wildman–Crippen MR) is 78.1 cm³/mol. The monoisotopic (exact) mass is 347 g/mol. The molecule has 0 spiro atoms. The number of halogens is 3. The van der Waals surface area contributed by atoms with Crippen LogP contribution in [0.25, 0.3) is 0 Å². The van der Waals surface area contributed by atoms with Gasteiger partial charge in [0, 0.05) is 17.6 Å². The molecule has 1 saturated carbocycles. The summed E-state index contributed by atoms with van der Waals surface area (Å²) in [6.07, 6.45) is 3.94. The summed E-state index contributed by atoms with van der Waals surface area (Å²) in [5.74, 6) is -0.823. The minimum absolute atomic E-state index is 0.0191. The molecule has 19 heavy (non-hydrogen) atoms. The summed E-state index contributed by atoms with van der Waals surface area (Å²) in [4.78, 5) is 14.0. The van der Waals surface area contributed by atoms with Crippen molar-refractivity contribution in [2.75, 3.05) is 7.05 Å². The number of nitrogens with zero attached hydrogens (tertiary/aromatic N) is 1. The predicted octanol–water partition coefficient (Wildman–Crippen LogP) is 4.21. The number of hydrogen-bond acceptors (Lipinski definition) is 1. The van der Waals surface area contributed by atoms with E-state index in [0.717, 1.165) is 25.7 Å². The quantitative estimate of drug-likeness (QED) is 0.733. The van der Waals surface area contributed by atoms with Crippen LogP contribution in [0.2, 0.25) is 0 Å². The minimum Gasteiger partial charge on any atom is -0.337 e. The molecule has 2 atom stereocenters. The van der Waals surface area contributed by atoms with Crippen LogP contribution >= 0.6 is 27.5 Å². The van der Waals surface area contributed by atoms with E-state index in [9.17, 15) is 9.18 Å². The van der Waals surface area contributed by atoms with Crippen LogP contribution in [0.3, 0.4) is 0 Å². The van der Waals surface area contributed by atoms with E-state index in [-0.39, 0.29) is 22.9 Å². The Morgan fingerprint density at radius 3 is 2.74 bits per heavy atom. The van der Waals surface area contributed by atoms with E-state index in [4.69, 9.17) is 11.6 Å². The van der Waals surface area contributed by atoms with Gasteiger partial charge in [0.1, 0.15) is 5.82 Å². The highest BCUT2D eigenvalue weighted by atomic mass is 79.9. The zero-order chi connectivity index (χ0) is 14.0. The maximum atomic E-state index is 13.8. The third-order valence-electron chi connectivity index (χ3n) is 3.64. The van der Waals surface area contributed by atoms with Crippen LogP contribution in [0, 0.1) is 5.82 Å². The Bertz CT molecular complexity index is 462. The van der Waals surface area contributed by atoms with E-state index in [1.54, 1.807) is 24.1 Å². The fourth-order valence-corrected chi connectivity index (χ4v) is 3.49. The first-order valence-electron chi connectivity index (χ1n) is 6.37. The van der Waals surface area contributed by atoms with E-state index in [1.807, 2.05) is 0 Å². The van der Waals surface area contributed by atoms with Gasteiger partial charge in [0.05, 0.1) is 10.9 Å². The molecule has 2 unspecified atom stereocenters. The second-order valence-electron chi connectivity index (χ2n) is 4.88. The third kappa shape index (κ3) is 3.11. The molecule has 0 saturated heterocycles. The first-order valence-corrected chi connectivity index (χ1v) is 7.60. The maximum absolute atomic E-state index is 13.8. The summed E-state index contributed by atoms with van der Waals surface area (Å²) < 4.78 is 14.3. The Morgan fingerprint density at radius 1 is 1.42 bits per heavy atom. The lowest BCUT2D eigenvalue weighted by Crippen LogP contribution is -2.44. The number of carbonyl (C=O) groups is 1. The lowest BCUT2D eigenvalue weighted by atomic mass is 9.93. The van der Waals surface area contributed by atoms with Crippen LogP contribution in [-0.4, -0.2) is 29.3 Å². The second-order valence-corrected chi connectivity index (χ2v) is 6.30. The van der Waals surface area contributed by atoms with Gasteiger partial charge in [0.15, 0.2) is 0 Å². The first kappa shape index (κ1) is 14.8. The molecule has 0 bridgehead atoms. The summed E-state index contributed by atoms with van der Waals surface area (Å²) in [6, 6.07) is 4.52. The molecule has 1 amide bonds. The van der Waals surface area contributed by atoms with Crippen LogP contribution in [0.5, 0.6) is 0 Å². The van der Waals surface area contributed by atoms with E-state index in [1.165, 1.54) is 6.07 Å². The van der Waals surface area contributed by atoms with Crippen molar-refractivity contribution in [1.82, 2.24) is 4.90 Å². The van der Waals surface area contributed by atoms with Crippen molar-refractivity contribution in [2.24, 2.45) is 0 Å². The Kier molecular flexibility index (Phi) is 4.85. The summed E-state index contributed by atoms with van der Waals surface area (Å²) >= 11 is 9.52. The summed E-state index contributed by atoms with van der Waals surface area (Å²) in [5, 5.41) is -0.0479. The van der Waals surface area contributed by atoms with Gasteiger partial charge in [0.2, 0.25) is 0 Å². The molecule has 1 aliphatic carbocycles. The van der Waals surface area contributed by atoms with Crippen LogP contribution in [-0.2, 0) is 0 Å². The third-order valence-corrected chi connectivity index (χ3v) is 4.81. The molecule has 0 heterocycles. The molecule has 1 fully saturated rings. The lowest BCUT2D eigenvalue weighted by molar-refractivity contribution is 0.0694. The van der Waals surface area contributed by atoms with Crippen molar-refractivity contribution >= 4 is 33.4 Å². The fourth-order valence-electron chi connectivity index (χ4n) is 2.53. The van der Waals surface area contributed by atoms with Gasteiger partial charge in [-0.05, 0) is 40.9 Å². The first-order chi connectivity index (χ1) is 9.02. The topological polar surface area (TPSA) is 20.3 Å². The molecule has 0 N–H and O–H groups in total. The molecule has 1 aromatic rings. The fraction of sp³-hybridized carbons (Fsp3) is 0.500. The highest BCUT2D eigenvalue weighted by molar-refractivity contribution is 9.10. The van der Waals surface area contributed by atoms with Crippen LogP contribution in [0.1, 0.15) is 36.0 Å². The van der Waals surface area contributed by atoms with Gasteiger partial charge in [-0.1, -0.05) is 18.9 Å². The van der Waals surface area contributed by atoms with Gasteiger partial charge in [-0.15, -0.1) is 11.6 Å². The molecule has 1 aromatic carbocycles. The average Bonchev–Trinajstić information content (AvgIpc) is 2.38. The van der Waals surface area contributed by atoms with Gasteiger partial charge in [-0.3, -0.25) is 4.79 Å². The summed E-state index contributed by atoms with van der Waals surface area (Å²) in [6.45, 7) is 0. The average molecular weight is 349 g/mol. The standard InChI is InChI=1S/C14H16BrClFNO/c1-18(12-8-3-2-6-10(12)16)14(19)13-9(15)5-4-7-11(13)17/h4-5,7,10,12H,2-3,6,8H2,1H3. The van der Waals surface area contributed by atoms with E-state index >= 15 is 0 Å². The number of rotatable bonds is 2. The molecular weight excluding hydrogens is 333 g/mol. The molecule has 1 aliphatic rings. The molecule has 2 nitrogen and oxygen atoms in total. The molecule has 2 rings (SSSR count). The summed E-state index contributed by atoms with van der Waals surface area (Å²) in [5.41, 5.74) is 0.0828. The van der Waals surface area contributed by atoms with Crippen LogP contribution < -0.4 is 0 Å². The van der Waals surface area contributed by atoms with Gasteiger partial charge in [0.25, 0.3) is 5.91 Å². The second kappa shape index (κ2) is 6.23. The number of alkyl halides is 1. The zero-order valence-electron chi connectivity index (χ0n) is 10.7. The number of amides is 1. The summed E-state index contributed by atoms with van der Waals surface area (Å²) in [7, 11) is 1.70. The van der Waals surface area contributed by atoms with E-state index in [2.05, 4.69) is 15.9 Å². The Labute approximate surface area is 126 Å². The lowest BCUT2D eigenvalue weighted by Gasteiger charge is -2.35. The van der Waals surface area contributed by atoms with Crippen molar-refractivity contribution in [3.05, 3.63) is 34.1 Å². The molecular formula is C14H16BrClFNO. The van der Waals surface area contributed by atoms with Crippen molar-refractivity contribution < 1.29 is 9.18 Å². The van der Waals surface area contributed by atoms with Crippen LogP contribution in [0.15, 0.2) is 22.7 Å². The Hall–Kier alpha value is -0.610. The SMILES string of the molecule is CN(C(=O)c1c(F)cccc1Br)C1CCCCC1Cl. The largest absolute Gasteiger partial charge is 0.337 e. The highest BCUT2D eigenvalue weighted by Crippen LogP contribution is 2.29. The van der Waals surface area contributed by atoms with Gasteiger partial charge >= 0.3 is 0 Å². The number of carbonyl (C=O) groups excluding carboxylic acids is 1. The molecule has 0 radical (unpaired) electrons. The smallest absolute Gasteiger partial charge is 0.258 e. The Balaban J connectivity index is 2.23. The van der Waals surface area contributed by atoms with Crippen molar-refractivity contribution in [3.8, 4) is 0 Å². The van der Waals surface area contributed by atoms with Crippen molar-refractivity contribution in [3.63, 3.8) is 0 Å². The maximum Gasteiger partial charge on any atom is 0.258 e. The van der Waals surface area contributed by atoms with Gasteiger partial charge in [-0.25, -0.2) is 4.39 Å². The van der Waals surface area contributed by atoms with Crippen LogP contribution in [0.4, 0.5) is 4.39 Å². The highest BCUT2D eigenvalue weighted by Gasteiger charge is 2.31. The normalized spacial score (nSPS) is 23.2.